The molecule has 1 N–H and O–H groups in total. The summed E-state index contributed by atoms with van der Waals surface area (Å²) in [6.45, 7) is 7.96. The summed E-state index contributed by atoms with van der Waals surface area (Å²) >= 11 is 0. The van der Waals surface area contributed by atoms with Gasteiger partial charge in [0.25, 0.3) is 0 Å². The van der Waals surface area contributed by atoms with E-state index in [-0.39, 0.29) is 51.4 Å². The van der Waals surface area contributed by atoms with Crippen LogP contribution in [0.15, 0.2) is 12.7 Å². The third kappa shape index (κ3) is 28.9. The van der Waals surface area contributed by atoms with Crippen LogP contribution >= 0.6 is 0 Å². The molecule has 0 saturated heterocycles. The molecule has 0 fully saturated rings. The average Bonchev–Trinajstić information content (AvgIpc) is 1.73. The molecule has 0 bridgehead atoms. The molecule has 0 spiro atoms. The number of aliphatic carboxylic acids is 1. The van der Waals surface area contributed by atoms with Crippen molar-refractivity contribution in [2.75, 3.05) is 0 Å². The van der Waals surface area contributed by atoms with Crippen molar-refractivity contribution >= 4 is 5.97 Å². The molecular weight excluding hydrogens is 131 g/mol. The fourth-order valence-electron chi connectivity index (χ4n) is 0. The SMILES string of the molecule is C=CC(=O)O.[CH2-]C.[K+]. The van der Waals surface area contributed by atoms with Gasteiger partial charge in [-0.3, -0.25) is 0 Å². The van der Waals surface area contributed by atoms with Crippen LogP contribution in [0, 0.1) is 6.92 Å². The van der Waals surface area contributed by atoms with Crippen molar-refractivity contribution < 1.29 is 61.3 Å². The van der Waals surface area contributed by atoms with Crippen LogP contribution < -0.4 is 51.4 Å². The van der Waals surface area contributed by atoms with Crippen LogP contribution in [-0.4, -0.2) is 11.1 Å². The molecule has 0 aliphatic carbocycles. The van der Waals surface area contributed by atoms with Crippen molar-refractivity contribution in [1.82, 2.24) is 0 Å². The number of hydrogen-bond acceptors (Lipinski definition) is 1. The Morgan fingerprint density at radius 3 is 1.88 bits per heavy atom. The molecule has 0 aliphatic heterocycles. The van der Waals surface area contributed by atoms with E-state index >= 15 is 0 Å². The molecule has 0 radical (unpaired) electrons. The molecule has 8 heavy (non-hydrogen) atoms. The predicted octanol–water partition coefficient (Wildman–Crippen LogP) is -1.90. The molecule has 3 heteroatoms. The second-order valence-electron chi connectivity index (χ2n) is 0.542. The Kier molecular flexibility index (Phi) is 31.2. The van der Waals surface area contributed by atoms with Gasteiger partial charge in [0.15, 0.2) is 0 Å². The van der Waals surface area contributed by atoms with Crippen LogP contribution in [-0.2, 0) is 4.79 Å². The number of rotatable bonds is 1. The smallest absolute Gasteiger partial charge is 0.478 e. The van der Waals surface area contributed by atoms with Gasteiger partial charge in [-0.2, -0.15) is 6.92 Å². The number of hydrogen-bond donors (Lipinski definition) is 1. The Hall–Kier alpha value is 0.846. The molecule has 0 saturated carbocycles. The van der Waals surface area contributed by atoms with E-state index in [1.807, 2.05) is 0 Å². The first-order valence-corrected chi connectivity index (χ1v) is 1.83. The molecule has 0 atom stereocenters. The van der Waals surface area contributed by atoms with Gasteiger partial charge in [-0.15, -0.1) is 0 Å². The molecule has 0 rings (SSSR count). The summed E-state index contributed by atoms with van der Waals surface area (Å²) in [5.74, 6) is -0.981. The minimum absolute atomic E-state index is 0. The molecule has 0 unspecified atom stereocenters. The first-order valence-electron chi connectivity index (χ1n) is 1.83. The minimum atomic E-state index is -0.981. The summed E-state index contributed by atoms with van der Waals surface area (Å²) in [4.78, 5) is 9.25. The monoisotopic (exact) mass is 140 g/mol. The van der Waals surface area contributed by atoms with Crippen LogP contribution in [0.2, 0.25) is 0 Å². The molecule has 42 valence electrons. The van der Waals surface area contributed by atoms with E-state index in [4.69, 9.17) is 5.11 Å². The van der Waals surface area contributed by atoms with E-state index in [2.05, 4.69) is 13.5 Å². The Bertz CT molecular complexity index is 61.4. The number of carbonyl (C=O) groups is 1. The van der Waals surface area contributed by atoms with Crippen molar-refractivity contribution in [1.29, 1.82) is 0 Å². The average molecular weight is 140 g/mol. The number of carboxylic acid groups (broad SMARTS) is 1. The van der Waals surface area contributed by atoms with Gasteiger partial charge in [-0.05, 0) is 0 Å². The first-order chi connectivity index (χ1) is 3.27. The predicted molar refractivity (Wildman–Crippen MR) is 28.9 cm³/mol. The van der Waals surface area contributed by atoms with E-state index < -0.39 is 5.97 Å². The zero-order valence-corrected chi connectivity index (χ0v) is 8.47. The van der Waals surface area contributed by atoms with Crippen LogP contribution in [0.1, 0.15) is 6.92 Å². The van der Waals surface area contributed by atoms with Gasteiger partial charge in [0.1, 0.15) is 0 Å². The fraction of sp³-hybridized carbons (Fsp3) is 0.200. The van der Waals surface area contributed by atoms with Crippen molar-refractivity contribution in [3.8, 4) is 0 Å². The normalized spacial score (nSPS) is 4.75. The van der Waals surface area contributed by atoms with Crippen molar-refractivity contribution in [3.63, 3.8) is 0 Å². The Morgan fingerprint density at radius 1 is 1.75 bits per heavy atom. The molecular formula is C5H9KO2. The Balaban J connectivity index is -0.0000000750. The van der Waals surface area contributed by atoms with E-state index in [0.717, 1.165) is 6.08 Å². The van der Waals surface area contributed by atoms with E-state index in [1.54, 1.807) is 6.92 Å². The fourth-order valence-corrected chi connectivity index (χ4v) is 0. The summed E-state index contributed by atoms with van der Waals surface area (Å²) in [6.07, 6.45) is 0.833. The van der Waals surface area contributed by atoms with Crippen LogP contribution in [0.5, 0.6) is 0 Å². The maximum atomic E-state index is 9.25. The second-order valence-corrected chi connectivity index (χ2v) is 0.542. The molecule has 0 aromatic carbocycles. The van der Waals surface area contributed by atoms with E-state index in [0.29, 0.717) is 0 Å². The van der Waals surface area contributed by atoms with E-state index in [1.165, 1.54) is 0 Å². The van der Waals surface area contributed by atoms with Gasteiger partial charge in [0, 0.05) is 6.08 Å². The molecule has 0 aromatic heterocycles. The third-order valence-corrected chi connectivity index (χ3v) is 0.175. The summed E-state index contributed by atoms with van der Waals surface area (Å²) < 4.78 is 0. The van der Waals surface area contributed by atoms with Crippen molar-refractivity contribution in [2.45, 2.75) is 6.92 Å². The molecule has 2 nitrogen and oxygen atoms in total. The zero-order chi connectivity index (χ0) is 6.28. The van der Waals surface area contributed by atoms with Gasteiger partial charge >= 0.3 is 57.4 Å². The molecule has 0 aliphatic rings. The number of carboxylic acids is 1. The maximum Gasteiger partial charge on any atom is 1.00 e. The summed E-state index contributed by atoms with van der Waals surface area (Å²) in [5, 5.41) is 7.60. The zero-order valence-electron chi connectivity index (χ0n) is 5.35. The quantitative estimate of drug-likeness (QED) is 0.262. The van der Waals surface area contributed by atoms with Gasteiger partial charge in [-0.1, -0.05) is 6.58 Å². The van der Waals surface area contributed by atoms with Gasteiger partial charge in [-0.25, -0.2) is 4.79 Å². The minimum Gasteiger partial charge on any atom is -0.478 e. The summed E-state index contributed by atoms with van der Waals surface area (Å²) in [6, 6.07) is 0. The maximum absolute atomic E-state index is 9.25. The Morgan fingerprint density at radius 2 is 1.88 bits per heavy atom. The van der Waals surface area contributed by atoms with Gasteiger partial charge < -0.3 is 12.0 Å². The van der Waals surface area contributed by atoms with Gasteiger partial charge in [0.05, 0.1) is 0 Å². The van der Waals surface area contributed by atoms with Crippen molar-refractivity contribution in [2.24, 2.45) is 0 Å². The topological polar surface area (TPSA) is 37.3 Å². The second kappa shape index (κ2) is 15.7. The summed E-state index contributed by atoms with van der Waals surface area (Å²) in [7, 11) is 0. The Labute approximate surface area is 92.4 Å². The van der Waals surface area contributed by atoms with Crippen LogP contribution in [0.25, 0.3) is 0 Å². The molecule has 0 heterocycles. The van der Waals surface area contributed by atoms with Gasteiger partial charge in [0.2, 0.25) is 0 Å². The van der Waals surface area contributed by atoms with E-state index in [9.17, 15) is 4.79 Å². The molecule has 0 amide bonds. The molecule has 0 aromatic rings. The first kappa shape index (κ1) is 15.9. The largest absolute Gasteiger partial charge is 1.00 e. The van der Waals surface area contributed by atoms with Crippen LogP contribution in [0.4, 0.5) is 0 Å². The standard InChI is InChI=1S/C3H4O2.C2H5.K/c1-2-3(4)5;1-2;/h2H,1H2,(H,4,5);1H2,2H3;/q;-1;+1. The summed E-state index contributed by atoms with van der Waals surface area (Å²) in [5.41, 5.74) is 0. The van der Waals surface area contributed by atoms with Crippen LogP contribution in [0.3, 0.4) is 0 Å². The third-order valence-electron chi connectivity index (χ3n) is 0.175. The van der Waals surface area contributed by atoms with Crippen molar-refractivity contribution in [3.05, 3.63) is 19.6 Å².